The Morgan fingerprint density at radius 1 is 1.19 bits per heavy atom. The van der Waals surface area contributed by atoms with Crippen molar-refractivity contribution in [1.29, 1.82) is 0 Å². The third kappa shape index (κ3) is 4.64. The molecule has 7 nitrogen and oxygen atoms in total. The van der Waals surface area contributed by atoms with Gasteiger partial charge in [0.15, 0.2) is 5.82 Å². The van der Waals surface area contributed by atoms with E-state index in [0.717, 1.165) is 23.0 Å². The lowest BCUT2D eigenvalue weighted by atomic mass is 10.1. The van der Waals surface area contributed by atoms with Crippen LogP contribution in [0.4, 0.5) is 24.7 Å². The molecule has 0 aliphatic rings. The van der Waals surface area contributed by atoms with Crippen LogP contribution in [0.1, 0.15) is 20.9 Å². The maximum atomic E-state index is 13.5. The van der Waals surface area contributed by atoms with E-state index in [1.54, 1.807) is 41.2 Å². The Morgan fingerprint density at radius 2 is 2.00 bits per heavy atom. The molecule has 4 aromatic heterocycles. The van der Waals surface area contributed by atoms with E-state index in [0.29, 0.717) is 16.6 Å². The molecule has 36 heavy (non-hydrogen) atoms. The second-order valence-electron chi connectivity index (χ2n) is 7.64. The van der Waals surface area contributed by atoms with Crippen molar-refractivity contribution in [3.05, 3.63) is 81.1 Å². The number of nitrogens with two attached hydrogens (primary N) is 1. The van der Waals surface area contributed by atoms with Gasteiger partial charge in [0, 0.05) is 33.3 Å². The van der Waals surface area contributed by atoms with Crippen LogP contribution in [-0.4, -0.2) is 20.7 Å². The topological polar surface area (TPSA) is 99.0 Å². The third-order valence-electron chi connectivity index (χ3n) is 5.21. The van der Waals surface area contributed by atoms with Crippen molar-refractivity contribution in [2.75, 3.05) is 11.1 Å². The lowest BCUT2D eigenvalue weighted by Crippen LogP contribution is -2.13. The predicted molar refractivity (Wildman–Crippen MR) is 132 cm³/mol. The fourth-order valence-electron chi connectivity index (χ4n) is 3.57. The number of rotatable bonds is 5. The summed E-state index contributed by atoms with van der Waals surface area (Å²) in [6.07, 6.45) is -1.73. The van der Waals surface area contributed by atoms with Crippen molar-refractivity contribution < 1.29 is 22.4 Å². The van der Waals surface area contributed by atoms with E-state index in [2.05, 4.69) is 15.4 Å². The molecule has 0 spiro atoms. The van der Waals surface area contributed by atoms with Crippen molar-refractivity contribution in [3.8, 4) is 11.3 Å². The first-order valence-electron chi connectivity index (χ1n) is 10.2. The number of alkyl halides is 3. The lowest BCUT2D eigenvalue weighted by Gasteiger charge is -2.08. The highest BCUT2D eigenvalue weighted by atomic mass is 35.5. The SMILES string of the molecule is Nc1c(C(=O)Nc2ccn(Cc3ccc(Cl)cc3Cl)n2)sc2nc(C(F)(F)F)cc(-c3ccco3)c12. The summed E-state index contributed by atoms with van der Waals surface area (Å²) in [5.41, 5.74) is 5.97. The number of hydrogen-bond acceptors (Lipinski definition) is 6. The zero-order chi connectivity index (χ0) is 25.6. The standard InChI is InChI=1S/C23H14Cl2F3N5O2S/c24-12-4-3-11(14(25)8-12)10-33-6-5-17(32-33)31-21(34)20-19(29)18-13(15-2-1-7-35-15)9-16(23(26,27)28)30-22(18)36-20/h1-9H,10,29H2,(H,31,32,34). The highest BCUT2D eigenvalue weighted by Crippen LogP contribution is 2.42. The highest BCUT2D eigenvalue weighted by molar-refractivity contribution is 7.21. The number of hydrogen-bond donors (Lipinski definition) is 2. The molecule has 0 fully saturated rings. The Hall–Kier alpha value is -3.54. The number of furan rings is 1. The van der Waals surface area contributed by atoms with Gasteiger partial charge in [-0.15, -0.1) is 11.3 Å². The molecule has 0 aliphatic carbocycles. The lowest BCUT2D eigenvalue weighted by molar-refractivity contribution is -0.140. The first-order chi connectivity index (χ1) is 17.1. The van der Waals surface area contributed by atoms with Gasteiger partial charge in [0.25, 0.3) is 5.91 Å². The molecule has 184 valence electrons. The van der Waals surface area contributed by atoms with Gasteiger partial charge in [-0.3, -0.25) is 9.48 Å². The van der Waals surface area contributed by atoms with Crippen LogP contribution in [0.15, 0.2) is 59.3 Å². The summed E-state index contributed by atoms with van der Waals surface area (Å²) in [6.45, 7) is 0.327. The summed E-state index contributed by atoms with van der Waals surface area (Å²) < 4.78 is 47.3. The van der Waals surface area contributed by atoms with Gasteiger partial charge in [0.05, 0.1) is 18.5 Å². The van der Waals surface area contributed by atoms with E-state index >= 15 is 0 Å². The number of nitrogen functional groups attached to an aromatic ring is 1. The molecule has 0 radical (unpaired) electrons. The number of thiophene rings is 1. The summed E-state index contributed by atoms with van der Waals surface area (Å²) in [6, 6.07) is 10.6. The van der Waals surface area contributed by atoms with Gasteiger partial charge in [0.2, 0.25) is 0 Å². The number of nitrogens with zero attached hydrogens (tertiary/aromatic N) is 3. The van der Waals surface area contributed by atoms with Gasteiger partial charge in [-0.05, 0) is 35.9 Å². The Labute approximate surface area is 215 Å². The van der Waals surface area contributed by atoms with E-state index in [-0.39, 0.29) is 37.9 Å². The monoisotopic (exact) mass is 551 g/mol. The average Bonchev–Trinajstić information content (AvgIpc) is 3.56. The minimum absolute atomic E-state index is 0.0000682. The van der Waals surface area contributed by atoms with Gasteiger partial charge < -0.3 is 15.5 Å². The zero-order valence-corrected chi connectivity index (χ0v) is 20.3. The molecule has 5 rings (SSSR count). The van der Waals surface area contributed by atoms with E-state index in [9.17, 15) is 18.0 Å². The first-order valence-corrected chi connectivity index (χ1v) is 11.8. The number of halogens is 5. The Bertz CT molecular complexity index is 1600. The van der Waals surface area contributed by atoms with E-state index in [1.165, 1.54) is 12.3 Å². The molecule has 5 aromatic rings. The quantitative estimate of drug-likeness (QED) is 0.246. The van der Waals surface area contributed by atoms with Crippen molar-refractivity contribution in [2.24, 2.45) is 0 Å². The van der Waals surface area contributed by atoms with Gasteiger partial charge in [-0.1, -0.05) is 29.3 Å². The Balaban J connectivity index is 1.45. The van der Waals surface area contributed by atoms with Gasteiger partial charge >= 0.3 is 6.18 Å². The van der Waals surface area contributed by atoms with Gasteiger partial charge in [-0.25, -0.2) is 4.98 Å². The Morgan fingerprint density at radius 3 is 2.69 bits per heavy atom. The van der Waals surface area contributed by atoms with Crippen molar-refractivity contribution in [3.63, 3.8) is 0 Å². The summed E-state index contributed by atoms with van der Waals surface area (Å²) in [4.78, 5) is 16.7. The molecular formula is C23H14Cl2F3N5O2S. The smallest absolute Gasteiger partial charge is 0.433 e. The molecule has 0 aliphatic heterocycles. The number of benzene rings is 1. The van der Waals surface area contributed by atoms with Crippen molar-refractivity contribution in [2.45, 2.75) is 12.7 Å². The van der Waals surface area contributed by atoms with Crippen molar-refractivity contribution in [1.82, 2.24) is 14.8 Å². The number of carbonyl (C=O) groups excluding carboxylic acids is 1. The fraction of sp³-hybridized carbons (Fsp3) is 0.0870. The normalized spacial score (nSPS) is 11.8. The van der Waals surface area contributed by atoms with Gasteiger partial charge in [-0.2, -0.15) is 18.3 Å². The van der Waals surface area contributed by atoms with E-state index in [1.807, 2.05) is 0 Å². The molecule has 0 saturated carbocycles. The maximum Gasteiger partial charge on any atom is 0.433 e. The summed E-state index contributed by atoms with van der Waals surface area (Å²) in [5.74, 6) is -0.245. The van der Waals surface area contributed by atoms with Crippen LogP contribution in [0.3, 0.4) is 0 Å². The minimum Gasteiger partial charge on any atom is -0.464 e. The minimum atomic E-state index is -4.70. The van der Waals surface area contributed by atoms with E-state index < -0.39 is 17.8 Å². The largest absolute Gasteiger partial charge is 0.464 e. The first kappa shape index (κ1) is 24.2. The molecule has 4 heterocycles. The van der Waals surface area contributed by atoms with Crippen LogP contribution < -0.4 is 11.1 Å². The molecule has 0 unspecified atom stereocenters. The number of fused-ring (bicyclic) bond motifs is 1. The van der Waals surface area contributed by atoms with Crippen LogP contribution in [0.2, 0.25) is 10.0 Å². The Kier molecular flexibility index (Phi) is 6.15. The molecule has 0 bridgehead atoms. The van der Waals surface area contributed by atoms with Crippen LogP contribution in [0, 0.1) is 0 Å². The fourth-order valence-corrected chi connectivity index (χ4v) is 5.06. The molecular weight excluding hydrogens is 538 g/mol. The molecule has 0 saturated heterocycles. The second-order valence-corrected chi connectivity index (χ2v) is 9.49. The highest BCUT2D eigenvalue weighted by Gasteiger charge is 2.35. The number of amides is 1. The maximum absolute atomic E-state index is 13.5. The summed E-state index contributed by atoms with van der Waals surface area (Å²) in [7, 11) is 0. The zero-order valence-electron chi connectivity index (χ0n) is 17.9. The number of nitrogens with one attached hydrogen (secondary N) is 1. The molecule has 3 N–H and O–H groups in total. The molecule has 0 atom stereocenters. The second kappa shape index (κ2) is 9.16. The van der Waals surface area contributed by atoms with Crippen LogP contribution in [0.25, 0.3) is 21.5 Å². The molecule has 13 heteroatoms. The average molecular weight is 552 g/mol. The van der Waals surface area contributed by atoms with Crippen molar-refractivity contribution >= 4 is 62.2 Å². The van der Waals surface area contributed by atoms with Crippen LogP contribution >= 0.6 is 34.5 Å². The number of pyridine rings is 1. The van der Waals surface area contributed by atoms with E-state index in [4.69, 9.17) is 33.4 Å². The van der Waals surface area contributed by atoms with Crippen LogP contribution in [-0.2, 0) is 12.7 Å². The third-order valence-corrected chi connectivity index (χ3v) is 6.90. The number of carbonyl (C=O) groups is 1. The van der Waals surface area contributed by atoms with Crippen LogP contribution in [0.5, 0.6) is 0 Å². The molecule has 1 aromatic carbocycles. The molecule has 1 amide bonds. The van der Waals surface area contributed by atoms with Gasteiger partial charge in [0.1, 0.15) is 21.2 Å². The summed E-state index contributed by atoms with van der Waals surface area (Å²) >= 11 is 12.9. The number of anilines is 2. The number of aromatic nitrogens is 3. The summed E-state index contributed by atoms with van der Waals surface area (Å²) in [5, 5.41) is 8.10. The predicted octanol–water partition coefficient (Wildman–Crippen LogP) is 6.96.